The van der Waals surface area contributed by atoms with Crippen molar-refractivity contribution in [1.29, 1.82) is 0 Å². The molecule has 8 heteroatoms. The number of rotatable bonds is 13. The van der Waals surface area contributed by atoms with Crippen LogP contribution in [-0.2, 0) is 18.0 Å². The van der Waals surface area contributed by atoms with Gasteiger partial charge in [-0.2, -0.15) is 5.10 Å². The molecule has 0 aliphatic rings. The first-order valence-corrected chi connectivity index (χ1v) is 13.3. The molecule has 4 aromatic rings. The van der Waals surface area contributed by atoms with Crippen molar-refractivity contribution in [2.45, 2.75) is 33.2 Å². The first kappa shape index (κ1) is 28.5. The van der Waals surface area contributed by atoms with Crippen molar-refractivity contribution in [2.24, 2.45) is 5.10 Å². The van der Waals surface area contributed by atoms with Crippen LogP contribution in [0.2, 0.25) is 5.02 Å². The molecule has 206 valence electrons. The van der Waals surface area contributed by atoms with Crippen LogP contribution < -0.4 is 24.4 Å². The van der Waals surface area contributed by atoms with Gasteiger partial charge in [0.2, 0.25) is 0 Å². The molecular formula is C32H31ClN2O5. The number of halogens is 1. The second kappa shape index (κ2) is 14.6. The van der Waals surface area contributed by atoms with Crippen LogP contribution in [0.1, 0.15) is 30.5 Å². The van der Waals surface area contributed by atoms with Gasteiger partial charge in [0.05, 0.1) is 12.8 Å². The summed E-state index contributed by atoms with van der Waals surface area (Å²) in [6.45, 7) is 4.89. The van der Waals surface area contributed by atoms with Crippen molar-refractivity contribution < 1.29 is 23.7 Å². The van der Waals surface area contributed by atoms with Crippen molar-refractivity contribution in [3.05, 3.63) is 119 Å². The zero-order chi connectivity index (χ0) is 28.2. The molecule has 1 N–H and O–H groups in total. The number of hydrogen-bond donors (Lipinski definition) is 1. The molecule has 0 aliphatic heterocycles. The van der Waals surface area contributed by atoms with Crippen molar-refractivity contribution in [1.82, 2.24) is 5.43 Å². The highest BCUT2D eigenvalue weighted by Crippen LogP contribution is 2.29. The summed E-state index contributed by atoms with van der Waals surface area (Å²) in [6.07, 6.45) is 0.783. The number of amides is 1. The van der Waals surface area contributed by atoms with Gasteiger partial charge in [0.1, 0.15) is 24.7 Å². The van der Waals surface area contributed by atoms with Gasteiger partial charge in [0, 0.05) is 5.02 Å². The summed E-state index contributed by atoms with van der Waals surface area (Å²) < 4.78 is 23.2. The monoisotopic (exact) mass is 558 g/mol. The highest BCUT2D eigenvalue weighted by molar-refractivity contribution is 6.30. The van der Waals surface area contributed by atoms with Crippen LogP contribution >= 0.6 is 11.6 Å². The third-order valence-electron chi connectivity index (χ3n) is 5.72. The molecule has 0 saturated heterocycles. The van der Waals surface area contributed by atoms with Gasteiger partial charge in [-0.25, -0.2) is 5.43 Å². The van der Waals surface area contributed by atoms with Gasteiger partial charge in [-0.3, -0.25) is 4.79 Å². The van der Waals surface area contributed by atoms with E-state index in [4.69, 9.17) is 30.5 Å². The van der Waals surface area contributed by atoms with Crippen molar-refractivity contribution in [3.8, 4) is 23.0 Å². The fourth-order valence-electron chi connectivity index (χ4n) is 3.61. The molecule has 1 unspecified atom stereocenters. The number of carbonyl (C=O) groups excluding carboxylic acids is 1. The molecule has 1 amide bonds. The molecule has 40 heavy (non-hydrogen) atoms. The molecule has 0 radical (unpaired) electrons. The molecule has 4 rings (SSSR count). The average molecular weight is 559 g/mol. The number of carbonyl (C=O) groups is 1. The van der Waals surface area contributed by atoms with Crippen molar-refractivity contribution >= 4 is 23.7 Å². The van der Waals surface area contributed by atoms with E-state index in [1.54, 1.807) is 37.3 Å². The number of hydrazone groups is 1. The Labute approximate surface area is 239 Å². The lowest BCUT2D eigenvalue weighted by Gasteiger charge is -2.14. The molecule has 0 spiro atoms. The first-order valence-electron chi connectivity index (χ1n) is 12.9. The van der Waals surface area contributed by atoms with Crippen molar-refractivity contribution in [2.75, 3.05) is 6.61 Å². The van der Waals surface area contributed by atoms with E-state index in [2.05, 4.69) is 10.5 Å². The summed E-state index contributed by atoms with van der Waals surface area (Å²) in [5.41, 5.74) is 5.33. The lowest BCUT2D eigenvalue weighted by atomic mass is 10.2. The molecule has 1 atom stereocenters. The van der Waals surface area contributed by atoms with Gasteiger partial charge in [-0.15, -0.1) is 0 Å². The van der Waals surface area contributed by atoms with Gasteiger partial charge in [-0.1, -0.05) is 54.1 Å². The summed E-state index contributed by atoms with van der Waals surface area (Å²) in [5.74, 6) is 2.07. The predicted octanol–water partition coefficient (Wildman–Crippen LogP) is 6.81. The number of benzene rings is 4. The minimum Gasteiger partial charge on any atom is -0.490 e. The number of nitrogens with one attached hydrogen (secondary N) is 1. The van der Waals surface area contributed by atoms with E-state index in [0.717, 1.165) is 16.7 Å². The van der Waals surface area contributed by atoms with Crippen LogP contribution in [0.3, 0.4) is 0 Å². The third kappa shape index (κ3) is 8.78. The fraction of sp³-hybridized carbons (Fsp3) is 0.188. The third-order valence-corrected chi connectivity index (χ3v) is 5.97. The van der Waals surface area contributed by atoms with Gasteiger partial charge < -0.3 is 18.9 Å². The number of hydrogen-bond acceptors (Lipinski definition) is 6. The van der Waals surface area contributed by atoms with Crippen LogP contribution in [0, 0.1) is 0 Å². The molecule has 0 fully saturated rings. The van der Waals surface area contributed by atoms with E-state index in [9.17, 15) is 4.79 Å². The lowest BCUT2D eigenvalue weighted by molar-refractivity contribution is -0.127. The van der Waals surface area contributed by atoms with Gasteiger partial charge in [0.25, 0.3) is 5.91 Å². The SMILES string of the molecule is CCOc1cc(/C=N/NC(=O)C(C)Oc2ccc(OCc3ccccc3)cc2)ccc1OCc1ccc(Cl)cc1. The molecule has 4 aromatic carbocycles. The molecule has 0 saturated carbocycles. The second-order valence-corrected chi connectivity index (χ2v) is 9.23. The Hall–Kier alpha value is -4.49. The summed E-state index contributed by atoms with van der Waals surface area (Å²) >= 11 is 5.95. The fourth-order valence-corrected chi connectivity index (χ4v) is 3.73. The Bertz CT molecular complexity index is 1390. The molecule has 0 bridgehead atoms. The Morgan fingerprint density at radius 1 is 0.825 bits per heavy atom. The Morgan fingerprint density at radius 3 is 2.23 bits per heavy atom. The molecule has 7 nitrogen and oxygen atoms in total. The van der Waals surface area contributed by atoms with E-state index in [1.165, 1.54) is 6.21 Å². The van der Waals surface area contributed by atoms with Gasteiger partial charge in [0.15, 0.2) is 17.6 Å². The zero-order valence-corrected chi connectivity index (χ0v) is 23.1. The molecule has 0 aromatic heterocycles. The summed E-state index contributed by atoms with van der Waals surface area (Å²) in [5, 5.41) is 4.75. The van der Waals surface area contributed by atoms with Gasteiger partial charge >= 0.3 is 0 Å². The quantitative estimate of drug-likeness (QED) is 0.144. The normalized spacial score (nSPS) is 11.6. The maximum Gasteiger partial charge on any atom is 0.280 e. The maximum absolute atomic E-state index is 12.5. The van der Waals surface area contributed by atoms with Crippen LogP contribution in [0.15, 0.2) is 102 Å². The standard InChI is InChI=1S/C32H31ClN2O5/c1-3-37-31-19-26(11-18-30(31)39-22-25-9-12-27(33)13-10-25)20-34-35-32(36)23(2)40-29-16-14-28(15-17-29)38-21-24-7-5-4-6-8-24/h4-20,23H,3,21-22H2,1-2H3,(H,35,36)/b34-20+. The summed E-state index contributed by atoms with van der Waals surface area (Å²) in [4.78, 5) is 12.5. The number of ether oxygens (including phenoxy) is 4. The van der Waals surface area contributed by atoms with Crippen LogP contribution in [0.25, 0.3) is 0 Å². The summed E-state index contributed by atoms with van der Waals surface area (Å²) in [7, 11) is 0. The van der Waals surface area contributed by atoms with Crippen molar-refractivity contribution in [3.63, 3.8) is 0 Å². The lowest BCUT2D eigenvalue weighted by Crippen LogP contribution is -2.33. The van der Waals surface area contributed by atoms with Crippen LogP contribution in [0.5, 0.6) is 23.0 Å². The van der Waals surface area contributed by atoms with E-state index < -0.39 is 6.10 Å². The topological polar surface area (TPSA) is 78.4 Å². The zero-order valence-electron chi connectivity index (χ0n) is 22.4. The Morgan fingerprint density at radius 2 is 1.50 bits per heavy atom. The van der Waals surface area contributed by atoms with E-state index in [1.807, 2.05) is 73.7 Å². The van der Waals surface area contributed by atoms with Crippen LogP contribution in [-0.4, -0.2) is 24.8 Å². The predicted molar refractivity (Wildman–Crippen MR) is 156 cm³/mol. The highest BCUT2D eigenvalue weighted by Gasteiger charge is 2.14. The van der Waals surface area contributed by atoms with E-state index in [-0.39, 0.29) is 5.91 Å². The Balaban J connectivity index is 1.26. The van der Waals surface area contributed by atoms with Gasteiger partial charge in [-0.05, 0) is 85.1 Å². The first-order chi connectivity index (χ1) is 19.5. The highest BCUT2D eigenvalue weighted by atomic mass is 35.5. The van der Waals surface area contributed by atoms with Crippen LogP contribution in [0.4, 0.5) is 0 Å². The maximum atomic E-state index is 12.5. The molecule has 0 heterocycles. The average Bonchev–Trinajstić information content (AvgIpc) is 2.98. The number of nitrogens with zero attached hydrogens (tertiary/aromatic N) is 1. The Kier molecular flexibility index (Phi) is 10.4. The molecular weight excluding hydrogens is 528 g/mol. The minimum absolute atomic E-state index is 0.377. The van der Waals surface area contributed by atoms with E-state index >= 15 is 0 Å². The molecule has 0 aliphatic carbocycles. The minimum atomic E-state index is -0.754. The van der Waals surface area contributed by atoms with E-state index in [0.29, 0.717) is 47.8 Å². The smallest absolute Gasteiger partial charge is 0.280 e. The summed E-state index contributed by atoms with van der Waals surface area (Å²) in [6, 6.07) is 30.0. The largest absolute Gasteiger partial charge is 0.490 e. The second-order valence-electron chi connectivity index (χ2n) is 8.79.